The number of nitrogens with one attached hydrogen (secondary N) is 1. The second kappa shape index (κ2) is 8.59. The number of aromatic nitrogens is 4. The fraction of sp³-hybridized carbons (Fsp3) is 0.560. The number of rotatable bonds is 5. The fourth-order valence-corrected chi connectivity index (χ4v) is 5.28. The maximum atomic E-state index is 15.3. The van der Waals surface area contributed by atoms with Gasteiger partial charge in [0, 0.05) is 17.0 Å². The van der Waals surface area contributed by atoms with Crippen molar-refractivity contribution in [1.82, 2.24) is 19.5 Å². The Morgan fingerprint density at radius 3 is 2.67 bits per heavy atom. The number of benzene rings is 1. The van der Waals surface area contributed by atoms with Crippen molar-refractivity contribution in [2.75, 3.05) is 11.9 Å². The van der Waals surface area contributed by atoms with Gasteiger partial charge in [-0.25, -0.2) is 19.3 Å². The third-order valence-electron chi connectivity index (χ3n) is 6.96. The van der Waals surface area contributed by atoms with Gasteiger partial charge < -0.3 is 29.6 Å². The van der Waals surface area contributed by atoms with E-state index in [0.717, 1.165) is 0 Å². The van der Waals surface area contributed by atoms with E-state index in [9.17, 15) is 10.2 Å². The predicted octanol–water partition coefficient (Wildman–Crippen LogP) is 4.02. The van der Waals surface area contributed by atoms with Crippen LogP contribution >= 0.6 is 11.6 Å². The molecule has 36 heavy (non-hydrogen) atoms. The maximum absolute atomic E-state index is 15.3. The van der Waals surface area contributed by atoms with Gasteiger partial charge in [-0.1, -0.05) is 25.4 Å². The molecule has 5 rings (SSSR count). The number of aliphatic hydroxyl groups is 2. The number of nitrogens with zero attached hydrogens (tertiary/aromatic N) is 4. The molecular formula is C25H31ClFN5O4. The molecule has 2 saturated heterocycles. The van der Waals surface area contributed by atoms with Gasteiger partial charge in [-0.3, -0.25) is 0 Å². The first-order chi connectivity index (χ1) is 16.8. The lowest BCUT2D eigenvalue weighted by Gasteiger charge is -2.44. The molecule has 1 aromatic carbocycles. The van der Waals surface area contributed by atoms with Gasteiger partial charge in [0.05, 0.1) is 35.1 Å². The standard InChI is InChI=1S/C25H31ClFN5O4/c1-11(2)32-15-8-12(7-14(27)18(15)29-21(32)25(5,6)34)17-13(26)9-28-23(30-17)31-20-19(33)16-10-35-22(36-16)24(20,3)4/h7-9,11,16,19-20,22,33-34H,10H2,1-6H3,(H,28,30,31)/t16-,19+,20-,22-/m0/s1. The summed E-state index contributed by atoms with van der Waals surface area (Å²) in [4.78, 5) is 13.3. The molecule has 0 unspecified atom stereocenters. The summed E-state index contributed by atoms with van der Waals surface area (Å²) < 4.78 is 28.6. The molecule has 2 aliphatic rings. The minimum absolute atomic E-state index is 0.0843. The number of hydrogen-bond donors (Lipinski definition) is 3. The second-order valence-corrected chi connectivity index (χ2v) is 11.4. The Balaban J connectivity index is 1.57. The molecule has 4 heterocycles. The largest absolute Gasteiger partial charge is 0.388 e. The molecule has 0 radical (unpaired) electrons. The summed E-state index contributed by atoms with van der Waals surface area (Å²) in [5, 5.41) is 25.0. The fourth-order valence-electron chi connectivity index (χ4n) is 5.08. The summed E-state index contributed by atoms with van der Waals surface area (Å²) in [5.41, 5.74) is -0.381. The van der Waals surface area contributed by atoms with E-state index in [1.807, 2.05) is 32.3 Å². The highest BCUT2D eigenvalue weighted by molar-refractivity contribution is 6.33. The molecule has 4 atom stereocenters. The topological polar surface area (TPSA) is 115 Å². The third kappa shape index (κ3) is 4.05. The molecule has 0 saturated carbocycles. The number of imidazole rings is 1. The van der Waals surface area contributed by atoms with Crippen molar-refractivity contribution >= 4 is 28.6 Å². The minimum atomic E-state index is -1.26. The van der Waals surface area contributed by atoms with E-state index >= 15 is 4.39 Å². The van der Waals surface area contributed by atoms with Gasteiger partial charge in [0.25, 0.3) is 0 Å². The second-order valence-electron chi connectivity index (χ2n) is 10.9. The molecule has 11 heteroatoms. The molecule has 3 aromatic rings. The van der Waals surface area contributed by atoms with Crippen LogP contribution < -0.4 is 5.32 Å². The number of anilines is 1. The monoisotopic (exact) mass is 519 g/mol. The Bertz CT molecular complexity index is 1320. The van der Waals surface area contributed by atoms with Crippen molar-refractivity contribution < 1.29 is 24.1 Å². The van der Waals surface area contributed by atoms with Crippen LogP contribution in [0.1, 0.15) is 53.4 Å². The van der Waals surface area contributed by atoms with Crippen molar-refractivity contribution in [3.05, 3.63) is 35.0 Å². The van der Waals surface area contributed by atoms with Crippen LogP contribution in [0.3, 0.4) is 0 Å². The smallest absolute Gasteiger partial charge is 0.223 e. The molecular weight excluding hydrogens is 489 g/mol. The Labute approximate surface area is 213 Å². The maximum Gasteiger partial charge on any atom is 0.223 e. The molecule has 0 amide bonds. The van der Waals surface area contributed by atoms with Gasteiger partial charge in [0.15, 0.2) is 12.1 Å². The van der Waals surface area contributed by atoms with Gasteiger partial charge in [-0.05, 0) is 39.8 Å². The van der Waals surface area contributed by atoms with E-state index in [1.54, 1.807) is 19.9 Å². The average Bonchev–Trinajstić information content (AvgIpc) is 3.41. The summed E-state index contributed by atoms with van der Waals surface area (Å²) in [6, 6.07) is 2.56. The van der Waals surface area contributed by atoms with Crippen molar-refractivity contribution in [2.45, 2.75) is 77.7 Å². The number of halogens is 2. The Morgan fingerprint density at radius 2 is 2.00 bits per heavy atom. The molecule has 2 aromatic heterocycles. The molecule has 3 N–H and O–H groups in total. The number of ether oxygens (including phenoxy) is 2. The van der Waals surface area contributed by atoms with Crippen molar-refractivity contribution in [3.63, 3.8) is 0 Å². The molecule has 2 fully saturated rings. The summed E-state index contributed by atoms with van der Waals surface area (Å²) >= 11 is 6.47. The Hall–Kier alpha value is -2.37. The van der Waals surface area contributed by atoms with E-state index in [2.05, 4.69) is 20.3 Å². The van der Waals surface area contributed by atoms with Crippen LogP contribution in [0.25, 0.3) is 22.3 Å². The Morgan fingerprint density at radius 1 is 1.28 bits per heavy atom. The van der Waals surface area contributed by atoms with Gasteiger partial charge in [-0.2, -0.15) is 0 Å². The van der Waals surface area contributed by atoms with E-state index in [4.69, 9.17) is 21.1 Å². The SMILES string of the molecule is CC(C)n1c(C(C)(C)O)nc2c(F)cc(-c3nc(N[C@H]4[C@H](O)[C@@H]5CO[C@@H](O5)C4(C)C)ncc3Cl)cc21. The summed E-state index contributed by atoms with van der Waals surface area (Å²) in [6.45, 7) is 11.3. The summed E-state index contributed by atoms with van der Waals surface area (Å²) in [6.07, 6.45) is -0.297. The zero-order valence-corrected chi connectivity index (χ0v) is 21.8. The number of fused-ring (bicyclic) bond motifs is 3. The van der Waals surface area contributed by atoms with Crippen LogP contribution in [0.15, 0.2) is 18.3 Å². The van der Waals surface area contributed by atoms with Crippen LogP contribution in [-0.2, 0) is 15.1 Å². The molecule has 0 spiro atoms. The van der Waals surface area contributed by atoms with E-state index in [0.29, 0.717) is 29.2 Å². The molecule has 0 aliphatic carbocycles. The normalized spacial score (nSPS) is 25.6. The lowest BCUT2D eigenvalue weighted by molar-refractivity contribution is -0.192. The molecule has 9 nitrogen and oxygen atoms in total. The minimum Gasteiger partial charge on any atom is -0.388 e. The van der Waals surface area contributed by atoms with Crippen molar-refractivity contribution in [2.24, 2.45) is 5.41 Å². The van der Waals surface area contributed by atoms with Crippen molar-refractivity contribution in [1.29, 1.82) is 0 Å². The van der Waals surface area contributed by atoms with Gasteiger partial charge in [-0.15, -0.1) is 0 Å². The molecule has 2 bridgehead atoms. The van der Waals surface area contributed by atoms with Crippen LogP contribution in [0.4, 0.5) is 10.3 Å². The number of hydrogen-bond acceptors (Lipinski definition) is 8. The zero-order valence-electron chi connectivity index (χ0n) is 21.1. The molecule has 2 aliphatic heterocycles. The Kier molecular flexibility index (Phi) is 6.04. The summed E-state index contributed by atoms with van der Waals surface area (Å²) in [7, 11) is 0. The molecule has 194 valence electrons. The zero-order chi connectivity index (χ0) is 26.2. The number of aliphatic hydroxyl groups excluding tert-OH is 1. The van der Waals surface area contributed by atoms with Crippen LogP contribution in [0.2, 0.25) is 5.02 Å². The highest BCUT2D eigenvalue weighted by Crippen LogP contribution is 2.42. The first-order valence-electron chi connectivity index (χ1n) is 12.0. The van der Waals surface area contributed by atoms with Crippen LogP contribution in [0.5, 0.6) is 0 Å². The van der Waals surface area contributed by atoms with E-state index in [-0.39, 0.29) is 22.5 Å². The first kappa shape index (κ1) is 25.3. The lowest BCUT2D eigenvalue weighted by Crippen LogP contribution is -2.59. The summed E-state index contributed by atoms with van der Waals surface area (Å²) in [5.74, 6) is 0.0569. The van der Waals surface area contributed by atoms with Crippen LogP contribution in [-0.4, -0.2) is 60.9 Å². The predicted molar refractivity (Wildman–Crippen MR) is 133 cm³/mol. The first-order valence-corrected chi connectivity index (χ1v) is 12.4. The van der Waals surface area contributed by atoms with Crippen molar-refractivity contribution in [3.8, 4) is 11.3 Å². The van der Waals surface area contributed by atoms with Crippen LogP contribution in [0, 0.1) is 11.2 Å². The highest BCUT2D eigenvalue weighted by atomic mass is 35.5. The van der Waals surface area contributed by atoms with Gasteiger partial charge >= 0.3 is 0 Å². The van der Waals surface area contributed by atoms with Gasteiger partial charge in [0.1, 0.15) is 29.2 Å². The quantitative estimate of drug-likeness (QED) is 0.463. The highest BCUT2D eigenvalue weighted by Gasteiger charge is 2.55. The van der Waals surface area contributed by atoms with Gasteiger partial charge in [0.2, 0.25) is 5.95 Å². The van der Waals surface area contributed by atoms with E-state index in [1.165, 1.54) is 12.3 Å². The lowest BCUT2D eigenvalue weighted by atomic mass is 9.78. The average molecular weight is 520 g/mol. The third-order valence-corrected chi connectivity index (χ3v) is 7.23. The van der Waals surface area contributed by atoms with E-state index < -0.39 is 41.4 Å².